The summed E-state index contributed by atoms with van der Waals surface area (Å²) in [5.41, 5.74) is 6.66. The zero-order valence-corrected chi connectivity index (χ0v) is 12.8. The molecule has 1 aromatic rings. The average Bonchev–Trinajstić information content (AvgIpc) is 2.35. The quantitative estimate of drug-likeness (QED) is 0.842. The molecule has 2 atom stereocenters. The molecule has 0 saturated heterocycles. The maximum Gasteiger partial charge on any atom is 0.237 e. The molecule has 5 heteroatoms. The summed E-state index contributed by atoms with van der Waals surface area (Å²) in [5, 5.41) is 3.99. The van der Waals surface area contributed by atoms with E-state index >= 15 is 0 Å². The van der Waals surface area contributed by atoms with Gasteiger partial charge in [-0.05, 0) is 31.0 Å². The normalized spacial score (nSPS) is 13.9. The summed E-state index contributed by atoms with van der Waals surface area (Å²) in [6.07, 6.45) is 2.67. The van der Waals surface area contributed by atoms with E-state index in [-0.39, 0.29) is 11.9 Å². The largest absolute Gasteiger partial charge is 0.348 e. The highest BCUT2D eigenvalue weighted by Gasteiger charge is 2.17. The van der Waals surface area contributed by atoms with Gasteiger partial charge in [-0.2, -0.15) is 0 Å². The summed E-state index contributed by atoms with van der Waals surface area (Å²) in [5.74, 6) is -0.146. The molecule has 0 aliphatic heterocycles. The summed E-state index contributed by atoms with van der Waals surface area (Å²) in [6, 6.07) is 4.58. The van der Waals surface area contributed by atoms with Crippen LogP contribution in [0.15, 0.2) is 18.2 Å². The highest BCUT2D eigenvalue weighted by atomic mass is 35.5. The van der Waals surface area contributed by atoms with E-state index in [0.29, 0.717) is 16.5 Å². The lowest BCUT2D eigenvalue weighted by molar-refractivity contribution is -0.123. The van der Waals surface area contributed by atoms with Crippen LogP contribution in [0, 0.1) is 0 Å². The number of hydrogen-bond donors (Lipinski definition) is 2. The molecule has 3 nitrogen and oxygen atoms in total. The number of carbonyl (C=O) groups excluding carboxylic acids is 1. The van der Waals surface area contributed by atoms with Gasteiger partial charge in [0.05, 0.1) is 12.1 Å². The Balaban J connectivity index is 2.63. The van der Waals surface area contributed by atoms with Crippen LogP contribution in [0.2, 0.25) is 10.0 Å². The van der Waals surface area contributed by atoms with Crippen molar-refractivity contribution in [2.24, 2.45) is 5.73 Å². The molecule has 3 N–H and O–H groups in total. The van der Waals surface area contributed by atoms with Crippen molar-refractivity contribution in [3.05, 3.63) is 33.8 Å². The van der Waals surface area contributed by atoms with E-state index in [1.165, 1.54) is 0 Å². The Morgan fingerprint density at radius 1 is 1.42 bits per heavy atom. The third-order valence-corrected chi connectivity index (χ3v) is 3.56. The monoisotopic (exact) mass is 302 g/mol. The molecule has 106 valence electrons. The smallest absolute Gasteiger partial charge is 0.237 e. The van der Waals surface area contributed by atoms with Gasteiger partial charge in [0.15, 0.2) is 0 Å². The van der Waals surface area contributed by atoms with Crippen LogP contribution in [0.5, 0.6) is 0 Å². The predicted molar refractivity (Wildman–Crippen MR) is 80.5 cm³/mol. The lowest BCUT2D eigenvalue weighted by Crippen LogP contribution is -2.41. The summed E-state index contributed by atoms with van der Waals surface area (Å²) in [6.45, 7) is 3.94. The van der Waals surface area contributed by atoms with Crippen molar-refractivity contribution >= 4 is 29.1 Å². The first kappa shape index (κ1) is 16.3. The van der Waals surface area contributed by atoms with Crippen LogP contribution in [0.1, 0.15) is 44.7 Å². The van der Waals surface area contributed by atoms with Crippen molar-refractivity contribution in [1.29, 1.82) is 0 Å². The number of unbranched alkanes of at least 4 members (excludes halogenated alkanes) is 1. The van der Waals surface area contributed by atoms with Crippen LogP contribution in [0.25, 0.3) is 0 Å². The van der Waals surface area contributed by atoms with Gasteiger partial charge in [-0.25, -0.2) is 0 Å². The van der Waals surface area contributed by atoms with E-state index in [2.05, 4.69) is 12.2 Å². The fourth-order valence-electron chi connectivity index (χ4n) is 1.81. The second-order valence-electron chi connectivity index (χ2n) is 4.64. The number of amides is 1. The molecule has 0 aliphatic rings. The van der Waals surface area contributed by atoms with Crippen molar-refractivity contribution in [2.75, 3.05) is 0 Å². The Labute approximate surface area is 124 Å². The Bertz CT molecular complexity index is 437. The molecule has 0 unspecified atom stereocenters. The molecule has 1 aromatic carbocycles. The van der Waals surface area contributed by atoms with Crippen LogP contribution in [0.4, 0.5) is 0 Å². The first-order valence-electron chi connectivity index (χ1n) is 6.46. The molecular formula is C14H20Cl2N2O. The molecule has 0 heterocycles. The minimum Gasteiger partial charge on any atom is -0.348 e. The molecule has 1 amide bonds. The molecule has 0 fully saturated rings. The molecule has 0 aromatic heterocycles. The van der Waals surface area contributed by atoms with E-state index in [1.807, 2.05) is 13.0 Å². The average molecular weight is 303 g/mol. The number of rotatable bonds is 6. The van der Waals surface area contributed by atoms with Gasteiger partial charge >= 0.3 is 0 Å². The van der Waals surface area contributed by atoms with Crippen LogP contribution in [-0.2, 0) is 4.79 Å². The minimum atomic E-state index is -0.464. The van der Waals surface area contributed by atoms with Crippen molar-refractivity contribution in [2.45, 2.75) is 45.2 Å². The zero-order valence-electron chi connectivity index (χ0n) is 11.2. The first-order valence-corrected chi connectivity index (χ1v) is 7.22. The van der Waals surface area contributed by atoms with Crippen LogP contribution in [0.3, 0.4) is 0 Å². The third kappa shape index (κ3) is 5.01. The molecular weight excluding hydrogens is 283 g/mol. The Kier molecular flexibility index (Phi) is 6.63. The van der Waals surface area contributed by atoms with E-state index < -0.39 is 6.04 Å². The minimum absolute atomic E-state index is 0.146. The number of nitrogens with two attached hydrogens (primary N) is 1. The van der Waals surface area contributed by atoms with Gasteiger partial charge < -0.3 is 11.1 Å². The van der Waals surface area contributed by atoms with Gasteiger partial charge in [-0.15, -0.1) is 0 Å². The number of halogens is 2. The Morgan fingerprint density at radius 3 is 2.68 bits per heavy atom. The zero-order chi connectivity index (χ0) is 14.4. The maximum absolute atomic E-state index is 11.9. The summed E-state index contributed by atoms with van der Waals surface area (Å²) >= 11 is 11.9. The van der Waals surface area contributed by atoms with Crippen LogP contribution < -0.4 is 11.1 Å². The SMILES string of the molecule is CCCC[C@H](N)C(=O)N[C@@H](C)c1ccc(Cl)cc1Cl. The van der Waals surface area contributed by atoms with Gasteiger partial charge in [0.1, 0.15) is 0 Å². The van der Waals surface area contributed by atoms with Crippen molar-refractivity contribution < 1.29 is 4.79 Å². The highest BCUT2D eigenvalue weighted by Crippen LogP contribution is 2.26. The Morgan fingerprint density at radius 2 is 2.11 bits per heavy atom. The molecule has 0 bridgehead atoms. The number of carbonyl (C=O) groups is 1. The molecule has 1 rings (SSSR count). The second kappa shape index (κ2) is 7.73. The number of hydrogen-bond acceptors (Lipinski definition) is 2. The molecule has 0 radical (unpaired) electrons. The molecule has 0 spiro atoms. The second-order valence-corrected chi connectivity index (χ2v) is 5.49. The summed E-state index contributed by atoms with van der Waals surface area (Å²) in [4.78, 5) is 11.9. The van der Waals surface area contributed by atoms with Gasteiger partial charge in [0.25, 0.3) is 0 Å². The summed E-state index contributed by atoms with van der Waals surface area (Å²) < 4.78 is 0. The van der Waals surface area contributed by atoms with E-state index in [4.69, 9.17) is 28.9 Å². The van der Waals surface area contributed by atoms with E-state index in [9.17, 15) is 4.79 Å². The predicted octanol–water partition coefficient (Wildman–Crippen LogP) is 3.69. The van der Waals surface area contributed by atoms with Gasteiger partial charge in [0, 0.05) is 10.0 Å². The van der Waals surface area contributed by atoms with E-state index in [1.54, 1.807) is 12.1 Å². The van der Waals surface area contributed by atoms with Crippen molar-refractivity contribution in [3.63, 3.8) is 0 Å². The molecule has 0 aliphatic carbocycles. The molecule has 19 heavy (non-hydrogen) atoms. The number of nitrogens with one attached hydrogen (secondary N) is 1. The van der Waals surface area contributed by atoms with E-state index in [0.717, 1.165) is 18.4 Å². The Hall–Kier alpha value is -0.770. The number of benzene rings is 1. The standard InChI is InChI=1S/C14H20Cl2N2O/c1-3-4-5-13(17)14(19)18-9(2)11-7-6-10(15)8-12(11)16/h6-9,13H,3-5,17H2,1-2H3,(H,18,19)/t9-,13-/m0/s1. The molecule has 0 saturated carbocycles. The van der Waals surface area contributed by atoms with Crippen LogP contribution >= 0.6 is 23.2 Å². The maximum atomic E-state index is 11.9. The first-order chi connectivity index (χ1) is 8.95. The third-order valence-electron chi connectivity index (χ3n) is 2.99. The van der Waals surface area contributed by atoms with Gasteiger partial charge in [-0.1, -0.05) is 49.0 Å². The van der Waals surface area contributed by atoms with Crippen molar-refractivity contribution in [1.82, 2.24) is 5.32 Å². The van der Waals surface area contributed by atoms with Crippen molar-refractivity contribution in [3.8, 4) is 0 Å². The van der Waals surface area contributed by atoms with Crippen LogP contribution in [-0.4, -0.2) is 11.9 Å². The lowest BCUT2D eigenvalue weighted by Gasteiger charge is -2.19. The summed E-state index contributed by atoms with van der Waals surface area (Å²) in [7, 11) is 0. The highest BCUT2D eigenvalue weighted by molar-refractivity contribution is 6.35. The van der Waals surface area contributed by atoms with Gasteiger partial charge in [-0.3, -0.25) is 4.79 Å². The fraction of sp³-hybridized carbons (Fsp3) is 0.500. The van der Waals surface area contributed by atoms with Gasteiger partial charge in [0.2, 0.25) is 5.91 Å². The topological polar surface area (TPSA) is 55.1 Å². The lowest BCUT2D eigenvalue weighted by atomic mass is 10.1. The fourth-order valence-corrected chi connectivity index (χ4v) is 2.38.